The second-order valence-corrected chi connectivity index (χ2v) is 7.29. The summed E-state index contributed by atoms with van der Waals surface area (Å²) < 4.78 is 4.92. The minimum Gasteiger partial charge on any atom is -0.462 e. The first-order chi connectivity index (χ1) is 15.3. The Morgan fingerprint density at radius 2 is 1.69 bits per heavy atom. The molecule has 3 rings (SSSR count). The van der Waals surface area contributed by atoms with Gasteiger partial charge in [-0.3, -0.25) is 24.7 Å². The molecule has 1 aliphatic rings. The summed E-state index contributed by atoms with van der Waals surface area (Å²) in [6.07, 6.45) is -0.238. The van der Waals surface area contributed by atoms with Crippen LogP contribution in [-0.4, -0.2) is 58.4 Å². The summed E-state index contributed by atoms with van der Waals surface area (Å²) in [6.45, 7) is 1.98. The van der Waals surface area contributed by atoms with Crippen LogP contribution in [0.15, 0.2) is 54.6 Å². The van der Waals surface area contributed by atoms with E-state index in [9.17, 15) is 19.2 Å². The molecule has 1 atom stereocenters. The summed E-state index contributed by atoms with van der Waals surface area (Å²) in [4.78, 5) is 50.7. The number of carbonyl (C=O) groups excluding carboxylic acids is 4. The minimum atomic E-state index is -0.987. The Kier molecular flexibility index (Phi) is 7.16. The molecule has 2 N–H and O–H groups in total. The van der Waals surface area contributed by atoms with Gasteiger partial charge in [0.2, 0.25) is 5.91 Å². The lowest BCUT2D eigenvalue weighted by atomic mass is 10.1. The number of anilines is 1. The number of amides is 3. The molecule has 0 radical (unpaired) electrons. The van der Waals surface area contributed by atoms with E-state index >= 15 is 0 Å². The Balaban J connectivity index is 1.67. The van der Waals surface area contributed by atoms with E-state index in [1.807, 2.05) is 0 Å². The third-order valence-electron chi connectivity index (χ3n) is 4.74. The zero-order chi connectivity index (χ0) is 23.3. The topological polar surface area (TPSA) is 108 Å². The number of nitrogens with one attached hydrogen (secondary N) is 2. The largest absolute Gasteiger partial charge is 0.462 e. The Bertz CT molecular complexity index is 1040. The predicted octanol–water partition coefficient (Wildman–Crippen LogP) is 1.96. The first-order valence-corrected chi connectivity index (χ1v) is 10.3. The highest BCUT2D eigenvalue weighted by Crippen LogP contribution is 2.19. The normalized spacial score (nSPS) is 15.5. The second kappa shape index (κ2) is 10.0. The average molecular weight is 455 g/mol. The summed E-state index contributed by atoms with van der Waals surface area (Å²) in [5.41, 5.74) is 3.81. The average Bonchev–Trinajstić information content (AvgIpc) is 2.98. The van der Waals surface area contributed by atoms with E-state index in [1.165, 1.54) is 29.1 Å². The number of nitrogens with zero attached hydrogens (tertiary/aromatic N) is 2. The van der Waals surface area contributed by atoms with Crippen LogP contribution in [0, 0.1) is 0 Å². The molecule has 32 heavy (non-hydrogen) atoms. The van der Waals surface area contributed by atoms with Crippen LogP contribution >= 0.6 is 12.2 Å². The molecule has 2 aromatic rings. The summed E-state index contributed by atoms with van der Waals surface area (Å²) in [5.74, 6) is -1.76. The number of ether oxygens (including phenoxy) is 1. The highest BCUT2D eigenvalue weighted by atomic mass is 32.1. The van der Waals surface area contributed by atoms with Gasteiger partial charge in [0.15, 0.2) is 5.11 Å². The van der Waals surface area contributed by atoms with Crippen LogP contribution in [0.4, 0.5) is 5.69 Å². The number of hydrogen-bond acceptors (Lipinski definition) is 6. The van der Waals surface area contributed by atoms with Crippen LogP contribution in [-0.2, 0) is 14.3 Å². The summed E-state index contributed by atoms with van der Waals surface area (Å²) in [5, 5.41) is 4.00. The van der Waals surface area contributed by atoms with Crippen LogP contribution in [0.5, 0.6) is 0 Å². The van der Waals surface area contributed by atoms with Crippen LogP contribution < -0.4 is 10.7 Å². The number of hydrazine groups is 1. The van der Waals surface area contributed by atoms with Crippen molar-refractivity contribution in [2.75, 3.05) is 19.0 Å². The van der Waals surface area contributed by atoms with Gasteiger partial charge < -0.3 is 10.1 Å². The first-order valence-electron chi connectivity index (χ1n) is 9.85. The summed E-state index contributed by atoms with van der Waals surface area (Å²) in [6, 6.07) is 13.7. The molecule has 0 spiro atoms. The van der Waals surface area contributed by atoms with Crippen LogP contribution in [0.1, 0.15) is 34.1 Å². The lowest BCUT2D eigenvalue weighted by molar-refractivity contribution is -0.130. The van der Waals surface area contributed by atoms with Gasteiger partial charge >= 0.3 is 5.97 Å². The standard InChI is InChI=1S/C22H22N4O5S/c1-3-31-21(30)15-9-11-16(12-10-15)23-18(27)13-17-20(29)25(2)22(32)26(17)24-19(28)14-7-5-4-6-8-14/h4-12,17H,3,13H2,1-2H3,(H,23,27)(H,24,28)/t17-/m0/s1. The molecule has 9 nitrogen and oxygen atoms in total. The molecule has 0 saturated carbocycles. The quantitative estimate of drug-likeness (QED) is 0.486. The fourth-order valence-electron chi connectivity index (χ4n) is 3.08. The maximum Gasteiger partial charge on any atom is 0.338 e. The van der Waals surface area contributed by atoms with E-state index in [0.29, 0.717) is 16.8 Å². The Morgan fingerprint density at radius 3 is 2.31 bits per heavy atom. The van der Waals surface area contributed by atoms with Gasteiger partial charge in [0.25, 0.3) is 11.8 Å². The van der Waals surface area contributed by atoms with Gasteiger partial charge in [0, 0.05) is 18.3 Å². The van der Waals surface area contributed by atoms with Crippen LogP contribution in [0.2, 0.25) is 0 Å². The maximum atomic E-state index is 12.6. The molecule has 0 aliphatic carbocycles. The fraction of sp³-hybridized carbons (Fsp3) is 0.227. The fourth-order valence-corrected chi connectivity index (χ4v) is 3.35. The van der Waals surface area contributed by atoms with Gasteiger partial charge in [0.1, 0.15) is 6.04 Å². The van der Waals surface area contributed by atoms with Crippen molar-refractivity contribution in [3.63, 3.8) is 0 Å². The lowest BCUT2D eigenvalue weighted by Gasteiger charge is -2.24. The smallest absolute Gasteiger partial charge is 0.338 e. The third-order valence-corrected chi connectivity index (χ3v) is 5.21. The summed E-state index contributed by atoms with van der Waals surface area (Å²) in [7, 11) is 1.48. The van der Waals surface area contributed by atoms with Crippen molar-refractivity contribution >= 4 is 46.7 Å². The molecule has 0 aromatic heterocycles. The monoisotopic (exact) mass is 454 g/mol. The van der Waals surface area contributed by atoms with Crippen molar-refractivity contribution in [2.24, 2.45) is 0 Å². The van der Waals surface area contributed by atoms with Crippen LogP contribution in [0.25, 0.3) is 0 Å². The number of benzene rings is 2. The number of rotatable bonds is 7. The van der Waals surface area contributed by atoms with E-state index in [4.69, 9.17) is 17.0 Å². The lowest BCUT2D eigenvalue weighted by Crippen LogP contribution is -2.49. The highest BCUT2D eigenvalue weighted by Gasteiger charge is 2.42. The van der Waals surface area contributed by atoms with E-state index in [0.717, 1.165) is 0 Å². The van der Waals surface area contributed by atoms with E-state index in [1.54, 1.807) is 49.4 Å². The van der Waals surface area contributed by atoms with Gasteiger partial charge in [-0.15, -0.1) is 0 Å². The van der Waals surface area contributed by atoms with E-state index in [-0.39, 0.29) is 18.1 Å². The summed E-state index contributed by atoms with van der Waals surface area (Å²) >= 11 is 5.27. The molecular weight excluding hydrogens is 432 g/mol. The molecule has 1 aliphatic heterocycles. The number of hydrogen-bond donors (Lipinski definition) is 2. The molecule has 1 heterocycles. The zero-order valence-electron chi connectivity index (χ0n) is 17.5. The van der Waals surface area contributed by atoms with Crippen molar-refractivity contribution in [1.29, 1.82) is 0 Å². The molecule has 0 unspecified atom stereocenters. The molecular formula is C22H22N4O5S. The molecule has 0 bridgehead atoms. The van der Waals surface area contributed by atoms with Crippen molar-refractivity contribution in [2.45, 2.75) is 19.4 Å². The van der Waals surface area contributed by atoms with Crippen molar-refractivity contribution < 1.29 is 23.9 Å². The maximum absolute atomic E-state index is 12.6. The second-order valence-electron chi connectivity index (χ2n) is 6.92. The highest BCUT2D eigenvalue weighted by molar-refractivity contribution is 7.80. The number of likely N-dealkylation sites (N-methyl/N-ethyl adjacent to an activating group) is 1. The Hall–Kier alpha value is -3.79. The molecule has 166 valence electrons. The number of carbonyl (C=O) groups is 4. The van der Waals surface area contributed by atoms with Gasteiger partial charge in [-0.25, -0.2) is 9.80 Å². The zero-order valence-corrected chi connectivity index (χ0v) is 18.3. The van der Waals surface area contributed by atoms with E-state index in [2.05, 4.69) is 10.7 Å². The SMILES string of the molecule is CCOC(=O)c1ccc(NC(=O)C[C@H]2C(=O)N(C)C(=S)N2NC(=O)c2ccccc2)cc1. The van der Waals surface area contributed by atoms with Crippen molar-refractivity contribution in [3.8, 4) is 0 Å². The van der Waals surface area contributed by atoms with Gasteiger partial charge in [-0.05, 0) is 55.5 Å². The third kappa shape index (κ3) is 5.09. The number of esters is 1. The van der Waals surface area contributed by atoms with Gasteiger partial charge in [-0.1, -0.05) is 18.2 Å². The van der Waals surface area contributed by atoms with Crippen molar-refractivity contribution in [3.05, 3.63) is 65.7 Å². The molecule has 10 heteroatoms. The molecule has 3 amide bonds. The minimum absolute atomic E-state index is 0.0934. The molecule has 1 fully saturated rings. The van der Waals surface area contributed by atoms with Gasteiger partial charge in [0.05, 0.1) is 18.6 Å². The predicted molar refractivity (Wildman–Crippen MR) is 121 cm³/mol. The number of thiocarbonyl (C=S) groups is 1. The van der Waals surface area contributed by atoms with Crippen LogP contribution in [0.3, 0.4) is 0 Å². The molecule has 1 saturated heterocycles. The van der Waals surface area contributed by atoms with Crippen molar-refractivity contribution in [1.82, 2.24) is 15.3 Å². The Labute approximate surface area is 190 Å². The van der Waals surface area contributed by atoms with Gasteiger partial charge in [-0.2, -0.15) is 0 Å². The van der Waals surface area contributed by atoms with E-state index < -0.39 is 29.7 Å². The first kappa shape index (κ1) is 22.9. The molecule has 2 aromatic carbocycles. The Morgan fingerprint density at radius 1 is 1.03 bits per heavy atom.